The molecule has 0 aliphatic carbocycles. The van der Waals surface area contributed by atoms with Crippen molar-refractivity contribution in [3.8, 4) is 17.0 Å². The second-order valence-electron chi connectivity index (χ2n) is 5.07. The van der Waals surface area contributed by atoms with E-state index in [1.54, 1.807) is 7.11 Å². The van der Waals surface area contributed by atoms with Gasteiger partial charge in [0, 0.05) is 24.2 Å². The smallest absolute Gasteiger partial charge is 0.128 e. The van der Waals surface area contributed by atoms with E-state index in [4.69, 9.17) is 4.74 Å². The van der Waals surface area contributed by atoms with Gasteiger partial charge in [0.05, 0.1) is 24.7 Å². The molecule has 0 saturated carbocycles. The van der Waals surface area contributed by atoms with Gasteiger partial charge in [-0.2, -0.15) is 0 Å². The van der Waals surface area contributed by atoms with Gasteiger partial charge >= 0.3 is 0 Å². The maximum absolute atomic E-state index is 5.37. The zero-order chi connectivity index (χ0) is 13.8. The van der Waals surface area contributed by atoms with Crippen molar-refractivity contribution < 1.29 is 4.74 Å². The lowest BCUT2D eigenvalue weighted by Gasteiger charge is -2.21. The van der Waals surface area contributed by atoms with Crippen LogP contribution in [0.1, 0.15) is 24.5 Å². The fraction of sp³-hybridized carbons (Fsp3) is 0.375. The molecule has 1 fully saturated rings. The van der Waals surface area contributed by atoms with Crippen molar-refractivity contribution in [2.24, 2.45) is 0 Å². The number of ether oxygens (including phenoxy) is 1. The number of piperidine rings is 1. The molecular formula is C16H19N3O. The predicted octanol–water partition coefficient (Wildman–Crippen LogP) is 2.62. The number of hydrogen-bond donors (Lipinski definition) is 1. The van der Waals surface area contributed by atoms with Gasteiger partial charge in [0.15, 0.2) is 0 Å². The van der Waals surface area contributed by atoms with Crippen LogP contribution in [-0.2, 0) is 0 Å². The predicted molar refractivity (Wildman–Crippen MR) is 78.9 cm³/mol. The van der Waals surface area contributed by atoms with Crippen LogP contribution < -0.4 is 10.1 Å². The van der Waals surface area contributed by atoms with E-state index in [-0.39, 0.29) is 0 Å². The number of rotatable bonds is 3. The van der Waals surface area contributed by atoms with E-state index < -0.39 is 0 Å². The summed E-state index contributed by atoms with van der Waals surface area (Å²) in [5.74, 6) is 1.32. The maximum Gasteiger partial charge on any atom is 0.128 e. The first-order chi connectivity index (χ1) is 9.88. The lowest BCUT2D eigenvalue weighted by molar-refractivity contribution is 0.416. The number of aromatic nitrogens is 2. The lowest BCUT2D eigenvalue weighted by Crippen LogP contribution is -2.28. The van der Waals surface area contributed by atoms with Gasteiger partial charge in [-0.1, -0.05) is 12.1 Å². The van der Waals surface area contributed by atoms with Crippen LogP contribution in [0, 0.1) is 0 Å². The molecule has 0 radical (unpaired) electrons. The molecular weight excluding hydrogens is 250 g/mol. The first kappa shape index (κ1) is 13.1. The molecule has 1 N–H and O–H groups in total. The third kappa shape index (κ3) is 2.65. The summed E-state index contributed by atoms with van der Waals surface area (Å²) in [4.78, 5) is 9.16. The van der Waals surface area contributed by atoms with E-state index in [9.17, 15) is 0 Å². The first-order valence-electron chi connectivity index (χ1n) is 7.04. The fourth-order valence-electron chi connectivity index (χ4n) is 2.65. The van der Waals surface area contributed by atoms with Crippen molar-refractivity contribution in [3.63, 3.8) is 0 Å². The number of para-hydroxylation sites is 1. The summed E-state index contributed by atoms with van der Waals surface area (Å²) < 4.78 is 5.37. The van der Waals surface area contributed by atoms with Crippen molar-refractivity contribution in [3.05, 3.63) is 42.4 Å². The number of benzene rings is 1. The summed E-state index contributed by atoms with van der Waals surface area (Å²) in [5.41, 5.74) is 2.92. The fourth-order valence-corrected chi connectivity index (χ4v) is 2.65. The Balaban J connectivity index is 1.85. The van der Waals surface area contributed by atoms with Crippen molar-refractivity contribution in [2.45, 2.75) is 18.8 Å². The molecule has 104 valence electrons. The molecule has 1 aromatic heterocycles. The summed E-state index contributed by atoms with van der Waals surface area (Å²) >= 11 is 0. The Morgan fingerprint density at radius 2 is 2.10 bits per heavy atom. The summed E-state index contributed by atoms with van der Waals surface area (Å²) in [5, 5.41) is 3.41. The highest BCUT2D eigenvalue weighted by Gasteiger charge is 2.17. The monoisotopic (exact) mass is 269 g/mol. The largest absolute Gasteiger partial charge is 0.496 e. The third-order valence-corrected chi connectivity index (χ3v) is 3.77. The summed E-state index contributed by atoms with van der Waals surface area (Å²) in [7, 11) is 1.67. The molecule has 1 saturated heterocycles. The zero-order valence-electron chi connectivity index (χ0n) is 11.7. The molecule has 1 aliphatic rings. The molecule has 2 aromatic rings. The van der Waals surface area contributed by atoms with Crippen molar-refractivity contribution in [1.82, 2.24) is 15.3 Å². The Morgan fingerprint density at radius 3 is 2.80 bits per heavy atom. The summed E-state index contributed by atoms with van der Waals surface area (Å²) in [6.07, 6.45) is 6.15. The summed E-state index contributed by atoms with van der Waals surface area (Å²) in [6, 6.07) is 7.89. The van der Waals surface area contributed by atoms with Gasteiger partial charge in [-0.3, -0.25) is 9.97 Å². The molecule has 4 nitrogen and oxygen atoms in total. The van der Waals surface area contributed by atoms with Crippen LogP contribution in [0.3, 0.4) is 0 Å². The van der Waals surface area contributed by atoms with Crippen LogP contribution in [-0.4, -0.2) is 30.2 Å². The van der Waals surface area contributed by atoms with Crippen molar-refractivity contribution >= 4 is 0 Å². The van der Waals surface area contributed by atoms with E-state index in [1.807, 2.05) is 36.7 Å². The zero-order valence-corrected chi connectivity index (χ0v) is 11.7. The van der Waals surface area contributed by atoms with Crippen LogP contribution in [0.25, 0.3) is 11.3 Å². The van der Waals surface area contributed by atoms with Gasteiger partial charge in [-0.15, -0.1) is 0 Å². The SMILES string of the molecule is COc1ccccc1-c1cnc(C2CCCNC2)cn1. The highest BCUT2D eigenvalue weighted by molar-refractivity contribution is 5.66. The Labute approximate surface area is 119 Å². The molecule has 0 spiro atoms. The molecule has 0 amide bonds. The van der Waals surface area contributed by atoms with Gasteiger partial charge in [0.25, 0.3) is 0 Å². The number of nitrogens with one attached hydrogen (secondary N) is 1. The lowest BCUT2D eigenvalue weighted by atomic mass is 9.96. The number of hydrogen-bond acceptors (Lipinski definition) is 4. The molecule has 1 atom stereocenters. The van der Waals surface area contributed by atoms with Crippen molar-refractivity contribution in [1.29, 1.82) is 0 Å². The number of nitrogens with zero attached hydrogens (tertiary/aromatic N) is 2. The molecule has 1 unspecified atom stereocenters. The minimum atomic E-state index is 0.489. The molecule has 20 heavy (non-hydrogen) atoms. The standard InChI is InChI=1S/C16H19N3O/c1-20-16-7-3-2-6-13(16)15-11-18-14(10-19-15)12-5-4-8-17-9-12/h2-3,6-7,10-12,17H,4-5,8-9H2,1H3. The molecule has 2 heterocycles. The van der Waals surface area contributed by atoms with Crippen LogP contribution in [0.15, 0.2) is 36.7 Å². The second kappa shape index (κ2) is 6.01. The molecule has 0 bridgehead atoms. The van der Waals surface area contributed by atoms with Crippen LogP contribution >= 0.6 is 0 Å². The van der Waals surface area contributed by atoms with Gasteiger partial charge < -0.3 is 10.1 Å². The Hall–Kier alpha value is -1.94. The quantitative estimate of drug-likeness (QED) is 0.930. The molecule has 1 aromatic carbocycles. The van der Waals surface area contributed by atoms with Crippen LogP contribution in [0.4, 0.5) is 0 Å². The molecule has 3 rings (SSSR count). The van der Waals surface area contributed by atoms with E-state index in [0.717, 1.165) is 35.8 Å². The molecule has 1 aliphatic heterocycles. The normalized spacial score (nSPS) is 18.8. The van der Waals surface area contributed by atoms with Gasteiger partial charge in [0.2, 0.25) is 0 Å². The van der Waals surface area contributed by atoms with Crippen molar-refractivity contribution in [2.75, 3.05) is 20.2 Å². The first-order valence-corrected chi connectivity index (χ1v) is 7.04. The Bertz CT molecular complexity index is 562. The number of methoxy groups -OCH3 is 1. The third-order valence-electron chi connectivity index (χ3n) is 3.77. The second-order valence-corrected chi connectivity index (χ2v) is 5.07. The maximum atomic E-state index is 5.37. The van der Waals surface area contributed by atoms with Gasteiger partial charge in [0.1, 0.15) is 5.75 Å². The van der Waals surface area contributed by atoms with Gasteiger partial charge in [-0.05, 0) is 31.5 Å². The van der Waals surface area contributed by atoms with Crippen LogP contribution in [0.2, 0.25) is 0 Å². The summed E-state index contributed by atoms with van der Waals surface area (Å²) in [6.45, 7) is 2.12. The van der Waals surface area contributed by atoms with E-state index in [1.165, 1.54) is 12.8 Å². The van der Waals surface area contributed by atoms with Gasteiger partial charge in [-0.25, -0.2) is 0 Å². The average Bonchev–Trinajstić information content (AvgIpc) is 2.56. The highest BCUT2D eigenvalue weighted by Crippen LogP contribution is 2.28. The van der Waals surface area contributed by atoms with E-state index >= 15 is 0 Å². The minimum absolute atomic E-state index is 0.489. The Kier molecular flexibility index (Phi) is 3.92. The van der Waals surface area contributed by atoms with E-state index in [2.05, 4.69) is 15.3 Å². The average molecular weight is 269 g/mol. The molecule has 4 heteroatoms. The van der Waals surface area contributed by atoms with Crippen LogP contribution in [0.5, 0.6) is 5.75 Å². The topological polar surface area (TPSA) is 47.0 Å². The Morgan fingerprint density at radius 1 is 1.20 bits per heavy atom. The van der Waals surface area contributed by atoms with E-state index in [0.29, 0.717) is 5.92 Å². The minimum Gasteiger partial charge on any atom is -0.496 e. The highest BCUT2D eigenvalue weighted by atomic mass is 16.5.